The number of aromatic nitrogens is 2. The van der Waals surface area contributed by atoms with Crippen LogP contribution in [0.3, 0.4) is 0 Å². The second-order valence-corrected chi connectivity index (χ2v) is 4.37. The van der Waals surface area contributed by atoms with E-state index in [1.165, 1.54) is 6.07 Å². The molecule has 0 saturated heterocycles. The number of nitrogens with zero attached hydrogens (tertiary/aromatic N) is 2. The van der Waals surface area contributed by atoms with E-state index in [1.807, 2.05) is 0 Å². The molecule has 0 aliphatic carbocycles. The van der Waals surface area contributed by atoms with Crippen molar-refractivity contribution in [2.75, 3.05) is 11.1 Å². The maximum atomic E-state index is 13.1. The van der Waals surface area contributed by atoms with Gasteiger partial charge in [-0.05, 0) is 46.6 Å². The minimum atomic E-state index is -0.239. The summed E-state index contributed by atoms with van der Waals surface area (Å²) in [5, 5.41) is 3.04. The Labute approximate surface area is 106 Å². The molecule has 0 aliphatic rings. The van der Waals surface area contributed by atoms with Crippen LogP contribution in [-0.2, 0) is 0 Å². The predicted molar refractivity (Wildman–Crippen MR) is 68.6 cm³/mol. The number of benzene rings is 1. The number of hydrogen-bond acceptors (Lipinski definition) is 4. The van der Waals surface area contributed by atoms with Gasteiger partial charge in [0.2, 0.25) is 5.95 Å². The van der Waals surface area contributed by atoms with E-state index in [4.69, 9.17) is 5.73 Å². The van der Waals surface area contributed by atoms with Crippen molar-refractivity contribution in [1.82, 2.24) is 9.97 Å². The fraction of sp³-hybridized carbons (Fsp3) is 0.0909. The molecule has 1 aromatic carbocycles. The monoisotopic (exact) mass is 296 g/mol. The van der Waals surface area contributed by atoms with E-state index in [1.54, 1.807) is 25.3 Å². The molecule has 0 atom stereocenters. The lowest BCUT2D eigenvalue weighted by Gasteiger charge is -2.08. The highest BCUT2D eigenvalue weighted by molar-refractivity contribution is 9.10. The van der Waals surface area contributed by atoms with Gasteiger partial charge in [0.1, 0.15) is 11.6 Å². The van der Waals surface area contributed by atoms with Gasteiger partial charge in [-0.25, -0.2) is 9.37 Å². The average molecular weight is 297 g/mol. The Morgan fingerprint density at radius 2 is 2.18 bits per heavy atom. The molecule has 3 N–H and O–H groups in total. The van der Waals surface area contributed by atoms with Crippen molar-refractivity contribution in [3.05, 3.63) is 40.2 Å². The maximum absolute atomic E-state index is 13.1. The third-order valence-corrected chi connectivity index (χ3v) is 2.76. The quantitative estimate of drug-likeness (QED) is 0.894. The molecule has 2 rings (SSSR count). The van der Waals surface area contributed by atoms with Gasteiger partial charge >= 0.3 is 0 Å². The Hall–Kier alpha value is -1.69. The van der Waals surface area contributed by atoms with Crippen LogP contribution in [0.25, 0.3) is 0 Å². The van der Waals surface area contributed by atoms with Gasteiger partial charge in [-0.3, -0.25) is 0 Å². The number of nitrogens with one attached hydrogen (secondary N) is 1. The van der Waals surface area contributed by atoms with Crippen LogP contribution >= 0.6 is 15.9 Å². The van der Waals surface area contributed by atoms with E-state index < -0.39 is 0 Å². The molecule has 1 aromatic heterocycles. The lowest BCUT2D eigenvalue weighted by Crippen LogP contribution is -2.00. The molecule has 88 valence electrons. The van der Waals surface area contributed by atoms with Crippen LogP contribution < -0.4 is 11.1 Å². The SMILES string of the molecule is Cc1cc(Nc2nc(N)ncc2Br)ccc1F. The first-order chi connectivity index (χ1) is 8.06. The standard InChI is InChI=1S/C11H10BrFN4/c1-6-4-7(2-3-9(6)13)16-10-8(12)5-15-11(14)17-10/h2-5H,1H3,(H3,14,15,16,17). The van der Waals surface area contributed by atoms with Crippen LogP contribution in [0.4, 0.5) is 21.8 Å². The summed E-state index contributed by atoms with van der Waals surface area (Å²) in [4.78, 5) is 7.87. The predicted octanol–water partition coefficient (Wildman–Crippen LogP) is 3.01. The van der Waals surface area contributed by atoms with Gasteiger partial charge in [-0.2, -0.15) is 4.98 Å². The fourth-order valence-electron chi connectivity index (χ4n) is 1.33. The Morgan fingerprint density at radius 3 is 2.88 bits per heavy atom. The zero-order chi connectivity index (χ0) is 12.4. The van der Waals surface area contributed by atoms with Gasteiger partial charge in [0.05, 0.1) is 4.47 Å². The van der Waals surface area contributed by atoms with E-state index in [0.717, 1.165) is 5.69 Å². The lowest BCUT2D eigenvalue weighted by molar-refractivity contribution is 0.619. The van der Waals surface area contributed by atoms with E-state index in [0.29, 0.717) is 15.9 Å². The molecule has 0 unspecified atom stereocenters. The highest BCUT2D eigenvalue weighted by atomic mass is 79.9. The summed E-state index contributed by atoms with van der Waals surface area (Å²) < 4.78 is 13.8. The topological polar surface area (TPSA) is 63.8 Å². The van der Waals surface area contributed by atoms with E-state index in [-0.39, 0.29) is 11.8 Å². The first kappa shape index (κ1) is 11.8. The Morgan fingerprint density at radius 1 is 1.41 bits per heavy atom. The highest BCUT2D eigenvalue weighted by Crippen LogP contribution is 2.24. The van der Waals surface area contributed by atoms with Crippen LogP contribution in [0, 0.1) is 12.7 Å². The lowest BCUT2D eigenvalue weighted by atomic mass is 10.2. The first-order valence-electron chi connectivity index (χ1n) is 4.87. The van der Waals surface area contributed by atoms with E-state index in [2.05, 4.69) is 31.2 Å². The summed E-state index contributed by atoms with van der Waals surface area (Å²) in [5.74, 6) is 0.481. The molecule has 4 nitrogen and oxygen atoms in total. The van der Waals surface area contributed by atoms with Crippen LogP contribution in [0.5, 0.6) is 0 Å². The van der Waals surface area contributed by atoms with Gasteiger partial charge in [0, 0.05) is 11.9 Å². The van der Waals surface area contributed by atoms with Crippen molar-refractivity contribution in [3.63, 3.8) is 0 Å². The van der Waals surface area contributed by atoms with Gasteiger partial charge < -0.3 is 11.1 Å². The van der Waals surface area contributed by atoms with Crippen molar-refractivity contribution >= 4 is 33.4 Å². The molecular formula is C11H10BrFN4. The average Bonchev–Trinajstić information content (AvgIpc) is 2.29. The number of rotatable bonds is 2. The molecule has 17 heavy (non-hydrogen) atoms. The molecule has 0 spiro atoms. The molecule has 6 heteroatoms. The van der Waals surface area contributed by atoms with Crippen molar-refractivity contribution in [2.24, 2.45) is 0 Å². The number of nitrogens with two attached hydrogens (primary N) is 1. The minimum absolute atomic E-state index is 0.175. The molecule has 0 bridgehead atoms. The molecule has 1 heterocycles. The third-order valence-electron chi connectivity index (χ3n) is 2.18. The smallest absolute Gasteiger partial charge is 0.222 e. The van der Waals surface area contributed by atoms with Gasteiger partial charge in [-0.15, -0.1) is 0 Å². The largest absolute Gasteiger partial charge is 0.368 e. The van der Waals surface area contributed by atoms with Crippen LogP contribution in [0.15, 0.2) is 28.9 Å². The third kappa shape index (κ3) is 2.71. The Bertz CT molecular complexity index is 559. The number of hydrogen-bond donors (Lipinski definition) is 2. The minimum Gasteiger partial charge on any atom is -0.368 e. The number of nitrogen functional groups attached to an aromatic ring is 1. The molecule has 0 aliphatic heterocycles. The van der Waals surface area contributed by atoms with Gasteiger partial charge in [0.25, 0.3) is 0 Å². The van der Waals surface area contributed by atoms with Crippen molar-refractivity contribution in [2.45, 2.75) is 6.92 Å². The number of halogens is 2. The number of aryl methyl sites for hydroxylation is 1. The van der Waals surface area contributed by atoms with E-state index in [9.17, 15) is 4.39 Å². The van der Waals surface area contributed by atoms with Gasteiger partial charge in [-0.1, -0.05) is 0 Å². The Kier molecular flexibility index (Phi) is 3.23. The van der Waals surface area contributed by atoms with Crippen LogP contribution in [0.2, 0.25) is 0 Å². The summed E-state index contributed by atoms with van der Waals surface area (Å²) in [6.45, 7) is 1.70. The summed E-state index contributed by atoms with van der Waals surface area (Å²) in [6.07, 6.45) is 1.56. The zero-order valence-corrected chi connectivity index (χ0v) is 10.6. The van der Waals surface area contributed by atoms with Crippen molar-refractivity contribution in [3.8, 4) is 0 Å². The number of anilines is 3. The molecule has 2 aromatic rings. The molecule has 0 amide bonds. The van der Waals surface area contributed by atoms with Crippen LogP contribution in [0.1, 0.15) is 5.56 Å². The van der Waals surface area contributed by atoms with Gasteiger partial charge in [0.15, 0.2) is 0 Å². The second kappa shape index (κ2) is 4.67. The van der Waals surface area contributed by atoms with Crippen molar-refractivity contribution in [1.29, 1.82) is 0 Å². The van der Waals surface area contributed by atoms with Crippen molar-refractivity contribution < 1.29 is 4.39 Å². The van der Waals surface area contributed by atoms with E-state index >= 15 is 0 Å². The molecule has 0 fully saturated rings. The van der Waals surface area contributed by atoms with Crippen LogP contribution in [-0.4, -0.2) is 9.97 Å². The summed E-state index contributed by atoms with van der Waals surface area (Å²) in [6, 6.07) is 4.73. The molecule has 0 saturated carbocycles. The fourth-order valence-corrected chi connectivity index (χ4v) is 1.62. The Balaban J connectivity index is 2.31. The molecular weight excluding hydrogens is 287 g/mol. The maximum Gasteiger partial charge on any atom is 0.222 e. The molecule has 0 radical (unpaired) electrons. The summed E-state index contributed by atoms with van der Waals surface area (Å²) in [5.41, 5.74) is 6.79. The first-order valence-corrected chi connectivity index (χ1v) is 5.67. The zero-order valence-electron chi connectivity index (χ0n) is 9.04. The highest BCUT2D eigenvalue weighted by Gasteiger charge is 2.05. The normalized spacial score (nSPS) is 10.3. The second-order valence-electron chi connectivity index (χ2n) is 3.51. The summed E-state index contributed by atoms with van der Waals surface area (Å²) >= 11 is 3.30. The summed E-state index contributed by atoms with van der Waals surface area (Å²) in [7, 11) is 0.